The molecule has 0 spiro atoms. The summed E-state index contributed by atoms with van der Waals surface area (Å²) in [6.45, 7) is 1.72. The Balaban J connectivity index is 1.86. The van der Waals surface area contributed by atoms with Crippen molar-refractivity contribution in [3.8, 4) is 0 Å². The highest BCUT2D eigenvalue weighted by molar-refractivity contribution is 8.00. The van der Waals surface area contributed by atoms with Gasteiger partial charge in [-0.3, -0.25) is 4.79 Å². The average molecular weight is 383 g/mol. The van der Waals surface area contributed by atoms with Crippen molar-refractivity contribution in [1.82, 2.24) is 5.32 Å². The fourth-order valence-corrected chi connectivity index (χ4v) is 2.54. The monoisotopic (exact) mass is 383 g/mol. The number of carbonyl (C=O) groups is 2. The molecule has 2 aromatic carbocycles. The fourth-order valence-electron chi connectivity index (χ4n) is 2.00. The van der Waals surface area contributed by atoms with E-state index in [2.05, 4.69) is 5.32 Å². The van der Waals surface area contributed by atoms with Crippen molar-refractivity contribution < 1.29 is 27.5 Å². The van der Waals surface area contributed by atoms with Gasteiger partial charge in [-0.15, -0.1) is 0 Å². The van der Waals surface area contributed by atoms with Crippen LogP contribution >= 0.6 is 11.8 Å². The number of rotatable bonds is 6. The maximum Gasteiger partial charge on any atom is 0.446 e. The number of carbonyl (C=O) groups excluding carboxylic acids is 2. The van der Waals surface area contributed by atoms with Crippen molar-refractivity contribution in [3.63, 3.8) is 0 Å². The fraction of sp³-hybridized carbons (Fsp3) is 0.222. The van der Waals surface area contributed by atoms with Crippen LogP contribution in [0.15, 0.2) is 59.5 Å². The van der Waals surface area contributed by atoms with Crippen molar-refractivity contribution in [3.05, 3.63) is 65.7 Å². The molecule has 0 aromatic heterocycles. The molecule has 1 atom stereocenters. The van der Waals surface area contributed by atoms with E-state index in [1.54, 1.807) is 0 Å². The predicted molar refractivity (Wildman–Crippen MR) is 91.5 cm³/mol. The van der Waals surface area contributed by atoms with Crippen molar-refractivity contribution >= 4 is 23.6 Å². The van der Waals surface area contributed by atoms with Crippen molar-refractivity contribution in [1.29, 1.82) is 0 Å². The van der Waals surface area contributed by atoms with Gasteiger partial charge in [-0.25, -0.2) is 4.79 Å². The Morgan fingerprint density at radius 3 is 2.27 bits per heavy atom. The van der Waals surface area contributed by atoms with Crippen LogP contribution in [0.25, 0.3) is 0 Å². The van der Waals surface area contributed by atoms with Crippen LogP contribution in [0.2, 0.25) is 0 Å². The Bertz CT molecular complexity index is 749. The summed E-state index contributed by atoms with van der Waals surface area (Å²) >= 11 is -0.272. The zero-order valence-corrected chi connectivity index (χ0v) is 14.6. The van der Waals surface area contributed by atoms with Gasteiger partial charge in [0.2, 0.25) is 0 Å². The number of benzene rings is 2. The van der Waals surface area contributed by atoms with E-state index in [1.807, 2.05) is 30.3 Å². The van der Waals surface area contributed by atoms with Crippen LogP contribution in [-0.2, 0) is 16.1 Å². The second kappa shape index (κ2) is 8.75. The topological polar surface area (TPSA) is 55.4 Å². The molecule has 4 nitrogen and oxygen atoms in total. The molecular weight excluding hydrogens is 367 g/mol. The Morgan fingerprint density at radius 1 is 1.08 bits per heavy atom. The lowest BCUT2D eigenvalue weighted by Gasteiger charge is -2.14. The van der Waals surface area contributed by atoms with Gasteiger partial charge in [0.1, 0.15) is 0 Å². The number of ether oxygens (including phenoxy) is 1. The Hall–Kier alpha value is -2.48. The van der Waals surface area contributed by atoms with E-state index >= 15 is 0 Å². The molecule has 0 fully saturated rings. The molecule has 2 rings (SSSR count). The molecular formula is C18H16F3NO3S. The van der Waals surface area contributed by atoms with Gasteiger partial charge in [-0.2, -0.15) is 13.2 Å². The van der Waals surface area contributed by atoms with Gasteiger partial charge in [0.25, 0.3) is 5.91 Å². The van der Waals surface area contributed by atoms with Crippen LogP contribution in [-0.4, -0.2) is 23.5 Å². The van der Waals surface area contributed by atoms with Crippen molar-refractivity contribution in [2.24, 2.45) is 0 Å². The van der Waals surface area contributed by atoms with Gasteiger partial charge in [-0.1, -0.05) is 30.3 Å². The highest BCUT2D eigenvalue weighted by Gasteiger charge is 2.29. The van der Waals surface area contributed by atoms with Gasteiger partial charge in [0.15, 0.2) is 6.10 Å². The Kier molecular flexibility index (Phi) is 6.68. The number of alkyl halides is 3. The molecule has 8 heteroatoms. The lowest BCUT2D eigenvalue weighted by molar-refractivity contribution is -0.129. The van der Waals surface area contributed by atoms with Gasteiger partial charge in [0, 0.05) is 11.4 Å². The van der Waals surface area contributed by atoms with E-state index in [9.17, 15) is 22.8 Å². The third kappa shape index (κ3) is 6.44. The van der Waals surface area contributed by atoms with Crippen LogP contribution in [0.1, 0.15) is 22.8 Å². The summed E-state index contributed by atoms with van der Waals surface area (Å²) in [5.74, 6) is -1.25. The largest absolute Gasteiger partial charge is 0.449 e. The molecule has 0 saturated heterocycles. The maximum absolute atomic E-state index is 12.3. The molecule has 26 heavy (non-hydrogen) atoms. The second-order valence-electron chi connectivity index (χ2n) is 5.32. The molecule has 0 radical (unpaired) electrons. The molecule has 0 unspecified atom stereocenters. The molecule has 0 saturated carbocycles. The summed E-state index contributed by atoms with van der Waals surface area (Å²) in [4.78, 5) is 23.9. The highest BCUT2D eigenvalue weighted by Crippen LogP contribution is 2.36. The maximum atomic E-state index is 12.3. The number of esters is 1. The lowest BCUT2D eigenvalue weighted by atomic mass is 10.2. The zero-order chi connectivity index (χ0) is 19.2. The van der Waals surface area contributed by atoms with Crippen LogP contribution in [0.5, 0.6) is 0 Å². The van der Waals surface area contributed by atoms with E-state index in [4.69, 9.17) is 4.74 Å². The molecule has 0 aliphatic rings. The first kappa shape index (κ1) is 19.8. The standard InChI is InChI=1S/C18H16F3NO3S/c1-12(16(23)22-11-13-5-3-2-4-6-13)25-17(24)14-7-9-15(10-8-14)26-18(19,20)21/h2-10,12H,11H2,1H3,(H,22,23)/t12-/m0/s1. The zero-order valence-electron chi connectivity index (χ0n) is 13.7. The quantitative estimate of drug-likeness (QED) is 0.601. The molecule has 0 bridgehead atoms. The summed E-state index contributed by atoms with van der Waals surface area (Å²) in [5.41, 5.74) is -3.43. The minimum absolute atomic E-state index is 0.0392. The van der Waals surface area contributed by atoms with Crippen molar-refractivity contribution in [2.45, 2.75) is 30.0 Å². The number of hydrogen-bond acceptors (Lipinski definition) is 4. The van der Waals surface area contributed by atoms with E-state index in [0.717, 1.165) is 5.56 Å². The number of thioether (sulfide) groups is 1. The minimum Gasteiger partial charge on any atom is -0.449 e. The second-order valence-corrected chi connectivity index (χ2v) is 6.46. The summed E-state index contributed by atoms with van der Waals surface area (Å²) < 4.78 is 41.9. The van der Waals surface area contributed by atoms with Crippen LogP contribution in [0.3, 0.4) is 0 Å². The average Bonchev–Trinajstić information content (AvgIpc) is 2.59. The van der Waals surface area contributed by atoms with Crippen LogP contribution < -0.4 is 5.32 Å². The van der Waals surface area contributed by atoms with Gasteiger partial charge in [0.05, 0.1) is 5.56 Å². The molecule has 1 N–H and O–H groups in total. The van der Waals surface area contributed by atoms with E-state index in [1.165, 1.54) is 31.2 Å². The molecule has 138 valence electrons. The summed E-state index contributed by atoms with van der Waals surface area (Å²) in [7, 11) is 0. The molecule has 0 heterocycles. The van der Waals surface area contributed by atoms with Gasteiger partial charge in [-0.05, 0) is 48.5 Å². The normalized spacial score (nSPS) is 12.3. The first-order valence-corrected chi connectivity index (χ1v) is 8.44. The van der Waals surface area contributed by atoms with Gasteiger partial charge < -0.3 is 10.1 Å². The number of nitrogens with one attached hydrogen (secondary N) is 1. The molecule has 1 amide bonds. The SMILES string of the molecule is C[C@H](OC(=O)c1ccc(SC(F)(F)F)cc1)C(=O)NCc1ccccc1. The van der Waals surface area contributed by atoms with Crippen LogP contribution in [0, 0.1) is 0 Å². The minimum atomic E-state index is -4.40. The Labute approximate surface area is 152 Å². The molecule has 0 aliphatic carbocycles. The third-order valence-corrected chi connectivity index (χ3v) is 4.03. The molecule has 0 aliphatic heterocycles. The molecule has 2 aromatic rings. The van der Waals surface area contributed by atoms with E-state index < -0.39 is 23.5 Å². The third-order valence-electron chi connectivity index (χ3n) is 3.29. The van der Waals surface area contributed by atoms with E-state index in [-0.39, 0.29) is 22.2 Å². The Morgan fingerprint density at radius 2 is 1.69 bits per heavy atom. The first-order chi connectivity index (χ1) is 12.2. The smallest absolute Gasteiger partial charge is 0.446 e. The first-order valence-electron chi connectivity index (χ1n) is 7.63. The van der Waals surface area contributed by atoms with Gasteiger partial charge >= 0.3 is 11.5 Å². The predicted octanol–water partition coefficient (Wildman–Crippen LogP) is 4.16. The van der Waals surface area contributed by atoms with Crippen molar-refractivity contribution in [2.75, 3.05) is 0 Å². The number of hydrogen-bond donors (Lipinski definition) is 1. The number of halogens is 3. The summed E-state index contributed by atoms with van der Waals surface area (Å²) in [6, 6.07) is 14.0. The lowest BCUT2D eigenvalue weighted by Crippen LogP contribution is -2.35. The highest BCUT2D eigenvalue weighted by atomic mass is 32.2. The van der Waals surface area contributed by atoms with E-state index in [0.29, 0.717) is 6.54 Å². The summed E-state index contributed by atoms with van der Waals surface area (Å²) in [6.07, 6.45) is -1.03. The summed E-state index contributed by atoms with van der Waals surface area (Å²) in [5, 5.41) is 2.65. The number of amides is 1. The van der Waals surface area contributed by atoms with Crippen LogP contribution in [0.4, 0.5) is 13.2 Å².